The van der Waals surface area contributed by atoms with Crippen LogP contribution in [0.25, 0.3) is 55.6 Å². The second kappa shape index (κ2) is 13.5. The molecule has 0 saturated heterocycles. The summed E-state index contributed by atoms with van der Waals surface area (Å²) < 4.78 is 0. The van der Waals surface area contributed by atoms with Gasteiger partial charge in [0.2, 0.25) is 0 Å². The van der Waals surface area contributed by atoms with Gasteiger partial charge in [0.15, 0.2) is 0 Å². The second-order valence-corrected chi connectivity index (χ2v) is 19.7. The molecule has 300 valence electrons. The summed E-state index contributed by atoms with van der Waals surface area (Å²) in [5, 5.41) is 0. The van der Waals surface area contributed by atoms with Crippen LogP contribution in [0.2, 0.25) is 0 Å². The topological polar surface area (TPSA) is 3.24 Å². The van der Waals surface area contributed by atoms with Gasteiger partial charge in [-0.05, 0) is 176 Å². The molecule has 1 heteroatoms. The van der Waals surface area contributed by atoms with E-state index in [2.05, 4.69) is 207 Å². The quantitative estimate of drug-likeness (QED) is 0.162. The normalized spacial score (nSPS) is 22.9. The van der Waals surface area contributed by atoms with Crippen LogP contribution < -0.4 is 4.90 Å². The van der Waals surface area contributed by atoms with Crippen molar-refractivity contribution >= 4 is 17.1 Å². The molecule has 0 heterocycles. The molecular weight excluding hydrogens is 747 g/mol. The zero-order chi connectivity index (χ0) is 41.2. The maximum atomic E-state index is 2.52. The molecular formula is C61H51N. The van der Waals surface area contributed by atoms with E-state index in [1.807, 2.05) is 0 Å². The Morgan fingerprint density at radius 3 is 1.56 bits per heavy atom. The fourth-order valence-corrected chi connectivity index (χ4v) is 13.9. The predicted molar refractivity (Wildman–Crippen MR) is 258 cm³/mol. The SMILES string of the molecule is CC1(C)c2ccccc2-c2cc(N(c3ccc(-c4ccccc4)cc3)c3cc(-c4ccccc4)cc(-c4cccc5c4C4(c6ccccc6-5)C5CC6CC(C5)CC4C6)c3)ccc21. The Morgan fingerprint density at radius 2 is 0.871 bits per heavy atom. The first kappa shape index (κ1) is 36.2. The lowest BCUT2D eigenvalue weighted by molar-refractivity contribution is -0.0397. The van der Waals surface area contributed by atoms with Crippen molar-refractivity contribution in [1.82, 2.24) is 0 Å². The van der Waals surface area contributed by atoms with Gasteiger partial charge in [-0.3, -0.25) is 0 Å². The molecule has 8 aromatic rings. The first-order valence-corrected chi connectivity index (χ1v) is 23.1. The van der Waals surface area contributed by atoms with Crippen LogP contribution in [0.3, 0.4) is 0 Å². The van der Waals surface area contributed by atoms with E-state index in [1.165, 1.54) is 110 Å². The lowest BCUT2D eigenvalue weighted by Gasteiger charge is -2.61. The molecule has 8 aromatic carbocycles. The molecule has 6 aliphatic rings. The van der Waals surface area contributed by atoms with E-state index in [9.17, 15) is 0 Å². The molecule has 1 spiro atoms. The van der Waals surface area contributed by atoms with Gasteiger partial charge in [-0.15, -0.1) is 0 Å². The third-order valence-corrected chi connectivity index (χ3v) is 16.2. The maximum Gasteiger partial charge on any atom is 0.0473 e. The van der Waals surface area contributed by atoms with Gasteiger partial charge < -0.3 is 4.90 Å². The maximum absolute atomic E-state index is 2.52. The molecule has 4 bridgehead atoms. The van der Waals surface area contributed by atoms with Crippen molar-refractivity contribution in [2.24, 2.45) is 23.7 Å². The van der Waals surface area contributed by atoms with Crippen LogP contribution in [0.4, 0.5) is 17.1 Å². The first-order valence-electron chi connectivity index (χ1n) is 23.1. The molecule has 0 aromatic heterocycles. The zero-order valence-electron chi connectivity index (χ0n) is 35.7. The van der Waals surface area contributed by atoms with Crippen molar-refractivity contribution < 1.29 is 0 Å². The third-order valence-electron chi connectivity index (χ3n) is 16.2. The Hall–Kier alpha value is -6.44. The van der Waals surface area contributed by atoms with Crippen LogP contribution in [0.15, 0.2) is 188 Å². The van der Waals surface area contributed by atoms with Crippen LogP contribution in [0.5, 0.6) is 0 Å². The second-order valence-electron chi connectivity index (χ2n) is 19.7. The summed E-state index contributed by atoms with van der Waals surface area (Å²) in [6, 6.07) is 71.5. The van der Waals surface area contributed by atoms with Gasteiger partial charge >= 0.3 is 0 Å². The molecule has 0 unspecified atom stereocenters. The summed E-state index contributed by atoms with van der Waals surface area (Å²) in [5.41, 5.74) is 22.7. The average Bonchev–Trinajstić information content (AvgIpc) is 3.74. The monoisotopic (exact) mass is 797 g/mol. The van der Waals surface area contributed by atoms with Crippen LogP contribution in [-0.4, -0.2) is 0 Å². The van der Waals surface area contributed by atoms with Gasteiger partial charge in [0.25, 0.3) is 0 Å². The van der Waals surface area contributed by atoms with Crippen molar-refractivity contribution in [1.29, 1.82) is 0 Å². The van der Waals surface area contributed by atoms with E-state index < -0.39 is 0 Å². The van der Waals surface area contributed by atoms with Gasteiger partial charge in [-0.25, -0.2) is 0 Å². The van der Waals surface area contributed by atoms with Gasteiger partial charge in [-0.1, -0.05) is 159 Å². The molecule has 6 aliphatic carbocycles. The fraction of sp³-hybridized carbons (Fsp3) is 0.213. The highest BCUT2D eigenvalue weighted by atomic mass is 15.1. The molecule has 1 nitrogen and oxygen atoms in total. The van der Waals surface area contributed by atoms with E-state index >= 15 is 0 Å². The average molecular weight is 798 g/mol. The largest absolute Gasteiger partial charge is 0.310 e. The van der Waals surface area contributed by atoms with E-state index in [-0.39, 0.29) is 10.8 Å². The van der Waals surface area contributed by atoms with Gasteiger partial charge in [-0.2, -0.15) is 0 Å². The highest BCUT2D eigenvalue weighted by Crippen LogP contribution is 2.70. The van der Waals surface area contributed by atoms with Crippen LogP contribution in [0.1, 0.15) is 68.2 Å². The molecule has 0 atom stereocenters. The number of anilines is 3. The first-order chi connectivity index (χ1) is 30.4. The smallest absolute Gasteiger partial charge is 0.0473 e. The Morgan fingerprint density at radius 1 is 0.355 bits per heavy atom. The molecule has 0 radical (unpaired) electrons. The zero-order valence-corrected chi connectivity index (χ0v) is 35.7. The highest BCUT2D eigenvalue weighted by molar-refractivity contribution is 5.93. The Kier molecular flexibility index (Phi) is 7.91. The molecule has 4 fully saturated rings. The number of fused-ring (bicyclic) bond motifs is 6. The van der Waals surface area contributed by atoms with Crippen molar-refractivity contribution in [3.8, 4) is 55.6 Å². The summed E-state index contributed by atoms with van der Waals surface area (Å²) in [6.07, 6.45) is 6.94. The molecule has 4 saturated carbocycles. The van der Waals surface area contributed by atoms with Crippen LogP contribution >= 0.6 is 0 Å². The number of hydrogen-bond donors (Lipinski definition) is 0. The predicted octanol–water partition coefficient (Wildman–Crippen LogP) is 16.2. The summed E-state index contributed by atoms with van der Waals surface area (Å²) in [7, 11) is 0. The van der Waals surface area contributed by atoms with E-state index in [0.717, 1.165) is 17.5 Å². The molecule has 0 N–H and O–H groups in total. The number of rotatable bonds is 6. The minimum Gasteiger partial charge on any atom is -0.310 e. The van der Waals surface area contributed by atoms with Crippen molar-refractivity contribution in [2.75, 3.05) is 4.90 Å². The summed E-state index contributed by atoms with van der Waals surface area (Å²) in [5.74, 6) is 3.17. The standard InChI is InChI=1S/C61H51N/c1-60(2)56-22-11-9-19-53(56)55-38-49(28-29-57(55)60)62(48-26-24-43(25-27-48)41-14-5-3-6-15-41)50-36-44(42-16-7-4-8-17-42)35-45(37-50)51-20-13-21-54-52-18-10-12-23-58(52)61(59(51)54)46-31-39-30-40(33-46)34-47(61)32-39/h3-29,35-40,46-47H,30-34H2,1-2H3. The van der Waals surface area contributed by atoms with Crippen LogP contribution in [-0.2, 0) is 10.8 Å². The van der Waals surface area contributed by atoms with Gasteiger partial charge in [0.1, 0.15) is 0 Å². The van der Waals surface area contributed by atoms with Crippen molar-refractivity contribution in [2.45, 2.75) is 56.8 Å². The minimum atomic E-state index is -0.0633. The lowest BCUT2D eigenvalue weighted by Crippen LogP contribution is -2.55. The number of hydrogen-bond acceptors (Lipinski definition) is 1. The van der Waals surface area contributed by atoms with E-state index in [1.54, 1.807) is 11.1 Å². The molecule has 14 rings (SSSR count). The van der Waals surface area contributed by atoms with Gasteiger partial charge in [0.05, 0.1) is 0 Å². The van der Waals surface area contributed by atoms with Crippen LogP contribution in [0, 0.1) is 23.7 Å². The van der Waals surface area contributed by atoms with Gasteiger partial charge in [0, 0.05) is 27.9 Å². The summed E-state index contributed by atoms with van der Waals surface area (Å²) >= 11 is 0. The summed E-state index contributed by atoms with van der Waals surface area (Å²) in [6.45, 7) is 4.75. The van der Waals surface area contributed by atoms with E-state index in [4.69, 9.17) is 0 Å². The van der Waals surface area contributed by atoms with Crippen molar-refractivity contribution in [3.05, 3.63) is 210 Å². The Labute approximate surface area is 366 Å². The molecule has 0 aliphatic heterocycles. The minimum absolute atomic E-state index is 0.0615. The lowest BCUT2D eigenvalue weighted by atomic mass is 9.42. The Balaban J connectivity index is 1.05. The van der Waals surface area contributed by atoms with E-state index in [0.29, 0.717) is 11.8 Å². The fourth-order valence-electron chi connectivity index (χ4n) is 13.9. The molecule has 0 amide bonds. The summed E-state index contributed by atoms with van der Waals surface area (Å²) in [4.78, 5) is 2.52. The highest BCUT2D eigenvalue weighted by Gasteiger charge is 2.62. The number of benzene rings is 8. The number of nitrogens with zero attached hydrogens (tertiary/aromatic N) is 1. The third kappa shape index (κ3) is 5.21. The Bertz CT molecular complexity index is 3020. The van der Waals surface area contributed by atoms with Crippen molar-refractivity contribution in [3.63, 3.8) is 0 Å². The molecule has 62 heavy (non-hydrogen) atoms.